The number of rotatable bonds is 6. The van der Waals surface area contributed by atoms with Gasteiger partial charge in [-0.1, -0.05) is 42.0 Å². The van der Waals surface area contributed by atoms with Gasteiger partial charge in [0, 0.05) is 38.3 Å². The van der Waals surface area contributed by atoms with Crippen molar-refractivity contribution in [3.8, 4) is 0 Å². The van der Waals surface area contributed by atoms with Crippen LogP contribution in [0.5, 0.6) is 0 Å². The summed E-state index contributed by atoms with van der Waals surface area (Å²) in [4.78, 5) is 28.3. The molecule has 0 radical (unpaired) electrons. The first-order valence-corrected chi connectivity index (χ1v) is 11.7. The summed E-state index contributed by atoms with van der Waals surface area (Å²) in [5.41, 5.74) is 5.17. The summed E-state index contributed by atoms with van der Waals surface area (Å²) in [6, 6.07) is 16.1. The van der Waals surface area contributed by atoms with Gasteiger partial charge >= 0.3 is 5.69 Å². The first-order valence-electron chi connectivity index (χ1n) is 11.7. The maximum atomic E-state index is 13.1. The molecular weight excluding hydrogens is 430 g/mol. The molecule has 4 rings (SSSR count). The van der Waals surface area contributed by atoms with Gasteiger partial charge in [0.25, 0.3) is 5.91 Å². The second-order valence-electron chi connectivity index (χ2n) is 9.04. The van der Waals surface area contributed by atoms with E-state index in [4.69, 9.17) is 0 Å². The molecule has 178 valence electrons. The minimum atomic E-state index is -0.390. The summed E-state index contributed by atoms with van der Waals surface area (Å²) in [5, 5.41) is 15.5. The molecule has 1 saturated heterocycles. The fourth-order valence-electron chi connectivity index (χ4n) is 4.50. The van der Waals surface area contributed by atoms with E-state index in [1.54, 1.807) is 18.5 Å². The van der Waals surface area contributed by atoms with Crippen LogP contribution in [0.4, 0.5) is 5.69 Å². The molecule has 34 heavy (non-hydrogen) atoms. The molecule has 0 bridgehead atoms. The molecule has 1 aromatic heterocycles. The number of carbonyl (C=O) groups is 1. The molecule has 1 aliphatic rings. The van der Waals surface area contributed by atoms with Gasteiger partial charge in [0.05, 0.1) is 11.5 Å². The minimum absolute atomic E-state index is 0.0467. The van der Waals surface area contributed by atoms with Crippen LogP contribution < -0.4 is 0 Å². The fourth-order valence-corrected chi connectivity index (χ4v) is 4.50. The van der Waals surface area contributed by atoms with Crippen molar-refractivity contribution in [1.82, 2.24) is 19.6 Å². The average Bonchev–Trinajstić information content (AvgIpc) is 2.96. The number of aryl methyl sites for hydroxylation is 2. The highest BCUT2D eigenvalue weighted by Gasteiger charge is 2.23. The Balaban J connectivity index is 1.36. The Morgan fingerprint density at radius 1 is 0.912 bits per heavy atom. The number of aromatic nitrogens is 2. The molecule has 0 saturated carbocycles. The Morgan fingerprint density at radius 3 is 2.21 bits per heavy atom. The van der Waals surface area contributed by atoms with Crippen molar-refractivity contribution >= 4 is 11.6 Å². The fraction of sp³-hybridized carbons (Fsp3) is 0.385. The van der Waals surface area contributed by atoms with Crippen molar-refractivity contribution in [2.75, 3.05) is 26.2 Å². The third kappa shape index (κ3) is 5.34. The molecule has 0 spiro atoms. The number of hydrogen-bond donors (Lipinski definition) is 0. The molecule has 0 aliphatic carbocycles. The summed E-state index contributed by atoms with van der Waals surface area (Å²) >= 11 is 0. The van der Waals surface area contributed by atoms with E-state index in [-0.39, 0.29) is 16.5 Å². The van der Waals surface area contributed by atoms with Crippen molar-refractivity contribution in [1.29, 1.82) is 0 Å². The van der Waals surface area contributed by atoms with E-state index in [9.17, 15) is 14.9 Å². The van der Waals surface area contributed by atoms with Crippen LogP contribution in [-0.4, -0.2) is 56.6 Å². The number of nitro groups is 1. The molecule has 8 nitrogen and oxygen atoms in total. The molecule has 0 N–H and O–H groups in total. The zero-order valence-electron chi connectivity index (χ0n) is 20.0. The standard InChI is InChI=1S/C26H31N5O3/c1-19-5-7-22(8-6-19)17-28-13-4-14-29(16-15-28)26(32)24-11-9-23(10-12-24)18-30-21(3)25(31(33)34)20(2)27-30/h5-12H,4,13-18H2,1-3H3. The lowest BCUT2D eigenvalue weighted by Crippen LogP contribution is -2.35. The van der Waals surface area contributed by atoms with Gasteiger partial charge < -0.3 is 4.90 Å². The second kappa shape index (κ2) is 10.2. The Kier molecular flexibility index (Phi) is 7.07. The van der Waals surface area contributed by atoms with Gasteiger partial charge in [0.2, 0.25) is 0 Å². The maximum Gasteiger partial charge on any atom is 0.312 e. The largest absolute Gasteiger partial charge is 0.337 e. The van der Waals surface area contributed by atoms with E-state index in [1.165, 1.54) is 11.1 Å². The summed E-state index contributed by atoms with van der Waals surface area (Å²) < 4.78 is 1.64. The lowest BCUT2D eigenvalue weighted by Gasteiger charge is -2.22. The van der Waals surface area contributed by atoms with Gasteiger partial charge in [0.15, 0.2) is 0 Å². The molecule has 3 aromatic rings. The molecule has 1 fully saturated rings. The number of amides is 1. The summed E-state index contributed by atoms with van der Waals surface area (Å²) in [7, 11) is 0. The Bertz CT molecular complexity index is 1170. The number of carbonyl (C=O) groups excluding carboxylic acids is 1. The van der Waals surface area contributed by atoms with Crippen LogP contribution in [0.3, 0.4) is 0 Å². The van der Waals surface area contributed by atoms with Crippen LogP contribution in [0.25, 0.3) is 0 Å². The highest BCUT2D eigenvalue weighted by Crippen LogP contribution is 2.23. The average molecular weight is 462 g/mol. The van der Waals surface area contributed by atoms with Crippen molar-refractivity contribution in [2.45, 2.75) is 40.3 Å². The second-order valence-corrected chi connectivity index (χ2v) is 9.04. The number of nitrogens with zero attached hydrogens (tertiary/aromatic N) is 5. The van der Waals surface area contributed by atoms with Crippen LogP contribution in [0.1, 0.15) is 44.9 Å². The van der Waals surface area contributed by atoms with Gasteiger partial charge in [-0.2, -0.15) is 5.10 Å². The molecule has 0 unspecified atom stereocenters. The minimum Gasteiger partial charge on any atom is -0.337 e. The third-order valence-corrected chi connectivity index (χ3v) is 6.46. The van der Waals surface area contributed by atoms with Gasteiger partial charge in [-0.05, 0) is 50.5 Å². The highest BCUT2D eigenvalue weighted by molar-refractivity contribution is 5.94. The van der Waals surface area contributed by atoms with E-state index < -0.39 is 0 Å². The van der Waals surface area contributed by atoms with Crippen molar-refractivity contribution in [3.63, 3.8) is 0 Å². The van der Waals surface area contributed by atoms with Gasteiger partial charge in [-0.25, -0.2) is 0 Å². The Hall–Kier alpha value is -3.52. The predicted molar refractivity (Wildman–Crippen MR) is 131 cm³/mol. The molecule has 1 amide bonds. The number of hydrogen-bond acceptors (Lipinski definition) is 5. The van der Waals surface area contributed by atoms with E-state index in [0.717, 1.165) is 38.2 Å². The lowest BCUT2D eigenvalue weighted by atomic mass is 10.1. The molecular formula is C26H31N5O3. The molecule has 8 heteroatoms. The predicted octanol–water partition coefficient (Wildman–Crippen LogP) is 4.11. The number of benzene rings is 2. The first-order chi connectivity index (χ1) is 16.3. The Morgan fingerprint density at radius 2 is 1.56 bits per heavy atom. The lowest BCUT2D eigenvalue weighted by molar-refractivity contribution is -0.386. The van der Waals surface area contributed by atoms with Crippen LogP contribution >= 0.6 is 0 Å². The van der Waals surface area contributed by atoms with Crippen LogP contribution in [0.2, 0.25) is 0 Å². The van der Waals surface area contributed by atoms with Gasteiger partial charge in [0.1, 0.15) is 11.4 Å². The maximum absolute atomic E-state index is 13.1. The first kappa shape index (κ1) is 23.6. The molecule has 2 heterocycles. The summed E-state index contributed by atoms with van der Waals surface area (Å²) in [6.45, 7) is 10.1. The Labute approximate surface area is 199 Å². The van der Waals surface area contributed by atoms with E-state index >= 15 is 0 Å². The van der Waals surface area contributed by atoms with Crippen molar-refractivity contribution < 1.29 is 9.72 Å². The zero-order valence-corrected chi connectivity index (χ0v) is 20.0. The molecule has 1 aliphatic heterocycles. The topological polar surface area (TPSA) is 84.5 Å². The van der Waals surface area contributed by atoms with Crippen LogP contribution in [0.15, 0.2) is 48.5 Å². The smallest absolute Gasteiger partial charge is 0.312 e. The van der Waals surface area contributed by atoms with E-state index in [2.05, 4.69) is 41.2 Å². The monoisotopic (exact) mass is 461 g/mol. The molecule has 2 aromatic carbocycles. The van der Waals surface area contributed by atoms with Crippen molar-refractivity contribution in [2.24, 2.45) is 0 Å². The zero-order chi connectivity index (χ0) is 24.2. The normalized spacial score (nSPS) is 14.7. The van der Waals surface area contributed by atoms with Crippen LogP contribution in [0, 0.1) is 30.9 Å². The van der Waals surface area contributed by atoms with E-state index in [0.29, 0.717) is 30.0 Å². The highest BCUT2D eigenvalue weighted by atomic mass is 16.6. The van der Waals surface area contributed by atoms with Gasteiger partial charge in [-0.15, -0.1) is 0 Å². The molecule has 0 atom stereocenters. The quantitative estimate of drug-likeness (QED) is 0.407. The van der Waals surface area contributed by atoms with Crippen molar-refractivity contribution in [3.05, 3.63) is 92.3 Å². The third-order valence-electron chi connectivity index (χ3n) is 6.46. The van der Waals surface area contributed by atoms with E-state index in [1.807, 2.05) is 29.2 Å². The van der Waals surface area contributed by atoms with Gasteiger partial charge in [-0.3, -0.25) is 24.5 Å². The summed E-state index contributed by atoms with van der Waals surface area (Å²) in [5.74, 6) is 0.0467. The van der Waals surface area contributed by atoms with Crippen LogP contribution in [-0.2, 0) is 13.1 Å². The SMILES string of the molecule is Cc1ccc(CN2CCCN(C(=O)c3ccc(Cn4nc(C)c([N+](=O)[O-])c4C)cc3)CC2)cc1. The summed E-state index contributed by atoms with van der Waals surface area (Å²) in [6.07, 6.45) is 0.951.